The summed E-state index contributed by atoms with van der Waals surface area (Å²) in [6, 6.07) is 3.46. The molecule has 4 nitrogen and oxygen atoms in total. The number of ether oxygens (including phenoxy) is 1. The molecule has 1 aromatic rings. The Hall–Kier alpha value is -1.26. The zero-order valence-electron chi connectivity index (χ0n) is 8.63. The predicted octanol–water partition coefficient (Wildman–Crippen LogP) is 1.36. The molecule has 1 rings (SSSR count). The van der Waals surface area contributed by atoms with Gasteiger partial charge in [-0.25, -0.2) is 0 Å². The molecule has 0 atom stereocenters. The molecule has 0 aliphatic heterocycles. The maximum absolute atomic E-state index is 9.60. The van der Waals surface area contributed by atoms with E-state index in [0.29, 0.717) is 12.3 Å². The van der Waals surface area contributed by atoms with E-state index < -0.39 is 0 Å². The standard InChI is InChI=1S/C10H15NO3/c1-7-4-8(6-11-14-3)9(12)5-10(7)13-2/h4-5,11-12H,6H2,1-3H3. The normalized spacial score (nSPS) is 10.2. The smallest absolute Gasteiger partial charge is 0.125 e. The van der Waals surface area contributed by atoms with Crippen molar-refractivity contribution >= 4 is 0 Å². The largest absolute Gasteiger partial charge is 0.507 e. The van der Waals surface area contributed by atoms with Crippen LogP contribution in [-0.4, -0.2) is 19.3 Å². The van der Waals surface area contributed by atoms with Crippen LogP contribution in [0.15, 0.2) is 12.1 Å². The molecule has 0 spiro atoms. The second-order valence-electron chi connectivity index (χ2n) is 2.98. The lowest BCUT2D eigenvalue weighted by atomic mass is 10.1. The van der Waals surface area contributed by atoms with Gasteiger partial charge in [-0.3, -0.25) is 0 Å². The minimum atomic E-state index is 0.206. The fraction of sp³-hybridized carbons (Fsp3) is 0.400. The Morgan fingerprint density at radius 3 is 2.64 bits per heavy atom. The number of hydrogen-bond donors (Lipinski definition) is 2. The highest BCUT2D eigenvalue weighted by molar-refractivity contribution is 5.45. The lowest BCUT2D eigenvalue weighted by Gasteiger charge is -2.10. The van der Waals surface area contributed by atoms with Gasteiger partial charge in [0.05, 0.1) is 14.2 Å². The number of aromatic hydroxyl groups is 1. The lowest BCUT2D eigenvalue weighted by Crippen LogP contribution is -2.11. The van der Waals surface area contributed by atoms with E-state index in [1.165, 1.54) is 7.11 Å². The third-order valence-electron chi connectivity index (χ3n) is 2.00. The van der Waals surface area contributed by atoms with Crippen LogP contribution >= 0.6 is 0 Å². The van der Waals surface area contributed by atoms with Crippen LogP contribution in [0.25, 0.3) is 0 Å². The molecule has 0 heterocycles. The van der Waals surface area contributed by atoms with E-state index in [1.807, 2.05) is 13.0 Å². The summed E-state index contributed by atoms with van der Waals surface area (Å²) < 4.78 is 5.07. The molecule has 0 amide bonds. The summed E-state index contributed by atoms with van der Waals surface area (Å²) in [5.74, 6) is 0.890. The summed E-state index contributed by atoms with van der Waals surface area (Å²) in [5.41, 5.74) is 4.44. The number of methoxy groups -OCH3 is 1. The van der Waals surface area contributed by atoms with E-state index >= 15 is 0 Å². The topological polar surface area (TPSA) is 50.7 Å². The molecule has 2 N–H and O–H groups in total. The van der Waals surface area contributed by atoms with E-state index in [4.69, 9.17) is 9.57 Å². The van der Waals surface area contributed by atoms with Gasteiger partial charge in [0.1, 0.15) is 11.5 Å². The van der Waals surface area contributed by atoms with Gasteiger partial charge in [0.2, 0.25) is 0 Å². The van der Waals surface area contributed by atoms with Gasteiger partial charge in [-0.2, -0.15) is 5.48 Å². The second kappa shape index (κ2) is 4.83. The lowest BCUT2D eigenvalue weighted by molar-refractivity contribution is 0.0861. The van der Waals surface area contributed by atoms with Crippen LogP contribution in [0.2, 0.25) is 0 Å². The highest BCUT2D eigenvalue weighted by Crippen LogP contribution is 2.27. The first kappa shape index (κ1) is 10.8. The van der Waals surface area contributed by atoms with E-state index in [2.05, 4.69) is 5.48 Å². The minimum absolute atomic E-state index is 0.206. The van der Waals surface area contributed by atoms with Crippen molar-refractivity contribution in [2.24, 2.45) is 0 Å². The number of phenolic OH excluding ortho intramolecular Hbond substituents is 1. The molecule has 0 aromatic heterocycles. The van der Waals surface area contributed by atoms with Crippen molar-refractivity contribution in [3.63, 3.8) is 0 Å². The van der Waals surface area contributed by atoms with Gasteiger partial charge < -0.3 is 14.7 Å². The third kappa shape index (κ3) is 2.37. The van der Waals surface area contributed by atoms with Gasteiger partial charge >= 0.3 is 0 Å². The van der Waals surface area contributed by atoms with Gasteiger partial charge in [-0.1, -0.05) is 0 Å². The molecule has 0 radical (unpaired) electrons. The Morgan fingerprint density at radius 1 is 1.36 bits per heavy atom. The van der Waals surface area contributed by atoms with Crippen molar-refractivity contribution in [1.29, 1.82) is 0 Å². The fourth-order valence-electron chi connectivity index (χ4n) is 1.25. The Balaban J connectivity index is 2.90. The minimum Gasteiger partial charge on any atom is -0.507 e. The summed E-state index contributed by atoms with van der Waals surface area (Å²) in [7, 11) is 3.11. The zero-order chi connectivity index (χ0) is 10.6. The highest BCUT2D eigenvalue weighted by atomic mass is 16.6. The van der Waals surface area contributed by atoms with Crippen LogP contribution in [0.5, 0.6) is 11.5 Å². The van der Waals surface area contributed by atoms with Gasteiger partial charge in [-0.05, 0) is 18.6 Å². The van der Waals surface area contributed by atoms with Gasteiger partial charge in [-0.15, -0.1) is 0 Å². The quantitative estimate of drug-likeness (QED) is 0.715. The molecule has 0 aliphatic carbocycles. The molecule has 78 valence electrons. The average molecular weight is 197 g/mol. The van der Waals surface area contributed by atoms with E-state index in [1.54, 1.807) is 13.2 Å². The molecule has 4 heteroatoms. The average Bonchev–Trinajstić information content (AvgIpc) is 2.18. The van der Waals surface area contributed by atoms with Crippen molar-refractivity contribution in [3.05, 3.63) is 23.3 Å². The number of benzene rings is 1. The zero-order valence-corrected chi connectivity index (χ0v) is 8.63. The van der Waals surface area contributed by atoms with Crippen LogP contribution in [0, 0.1) is 6.92 Å². The predicted molar refractivity (Wildman–Crippen MR) is 53.2 cm³/mol. The van der Waals surface area contributed by atoms with Crippen molar-refractivity contribution < 1.29 is 14.7 Å². The molecule has 0 aliphatic rings. The number of nitrogens with one attached hydrogen (secondary N) is 1. The maximum Gasteiger partial charge on any atom is 0.125 e. The summed E-state index contributed by atoms with van der Waals surface area (Å²) in [6.07, 6.45) is 0. The fourth-order valence-corrected chi connectivity index (χ4v) is 1.25. The first-order valence-corrected chi connectivity index (χ1v) is 4.31. The third-order valence-corrected chi connectivity index (χ3v) is 2.00. The van der Waals surface area contributed by atoms with E-state index in [9.17, 15) is 5.11 Å². The van der Waals surface area contributed by atoms with Crippen LogP contribution in [0.4, 0.5) is 0 Å². The number of hydrogen-bond acceptors (Lipinski definition) is 4. The van der Waals surface area contributed by atoms with Crippen LogP contribution in [0.3, 0.4) is 0 Å². The van der Waals surface area contributed by atoms with Crippen molar-refractivity contribution in [1.82, 2.24) is 5.48 Å². The van der Waals surface area contributed by atoms with Crippen molar-refractivity contribution in [2.45, 2.75) is 13.5 Å². The summed E-state index contributed by atoms with van der Waals surface area (Å²) >= 11 is 0. The molecular formula is C10H15NO3. The molecule has 14 heavy (non-hydrogen) atoms. The summed E-state index contributed by atoms with van der Waals surface area (Å²) in [6.45, 7) is 2.39. The number of rotatable bonds is 4. The Labute approximate surface area is 83.4 Å². The number of aryl methyl sites for hydroxylation is 1. The monoisotopic (exact) mass is 197 g/mol. The molecule has 0 unspecified atom stereocenters. The number of phenols is 1. The van der Waals surface area contributed by atoms with E-state index in [-0.39, 0.29) is 5.75 Å². The van der Waals surface area contributed by atoms with Gasteiger partial charge in [0.15, 0.2) is 0 Å². The molecule has 0 saturated carbocycles. The first-order chi connectivity index (χ1) is 6.69. The van der Waals surface area contributed by atoms with Gasteiger partial charge in [0, 0.05) is 18.2 Å². The highest BCUT2D eigenvalue weighted by Gasteiger charge is 2.06. The van der Waals surface area contributed by atoms with Crippen molar-refractivity contribution in [2.75, 3.05) is 14.2 Å². The molecular weight excluding hydrogens is 182 g/mol. The van der Waals surface area contributed by atoms with Crippen molar-refractivity contribution in [3.8, 4) is 11.5 Å². The SMILES string of the molecule is CONCc1cc(C)c(OC)cc1O. The van der Waals surface area contributed by atoms with E-state index in [0.717, 1.165) is 11.1 Å². The first-order valence-electron chi connectivity index (χ1n) is 4.31. The van der Waals surface area contributed by atoms with Crippen LogP contribution in [0.1, 0.15) is 11.1 Å². The Kier molecular flexibility index (Phi) is 3.73. The molecule has 0 fully saturated rings. The van der Waals surface area contributed by atoms with Crippen LogP contribution < -0.4 is 10.2 Å². The molecule has 0 bridgehead atoms. The second-order valence-corrected chi connectivity index (χ2v) is 2.98. The van der Waals surface area contributed by atoms with Gasteiger partial charge in [0.25, 0.3) is 0 Å². The summed E-state index contributed by atoms with van der Waals surface area (Å²) in [5, 5.41) is 9.60. The number of hydroxylamine groups is 1. The molecule has 1 aromatic carbocycles. The maximum atomic E-state index is 9.60. The summed E-state index contributed by atoms with van der Waals surface area (Å²) in [4.78, 5) is 4.70. The van der Waals surface area contributed by atoms with Crippen LogP contribution in [-0.2, 0) is 11.4 Å². The Morgan fingerprint density at radius 2 is 2.07 bits per heavy atom. The Bertz CT molecular complexity index is 312. The molecule has 0 saturated heterocycles.